The van der Waals surface area contributed by atoms with Crippen LogP contribution in [0.4, 0.5) is 5.13 Å². The van der Waals surface area contributed by atoms with Gasteiger partial charge in [-0.25, -0.2) is 4.98 Å². The van der Waals surface area contributed by atoms with E-state index in [-0.39, 0.29) is 23.8 Å². The first kappa shape index (κ1) is 21.2. The molecular formula is C25H27N3O2S. The van der Waals surface area contributed by atoms with Gasteiger partial charge in [-0.05, 0) is 56.7 Å². The van der Waals surface area contributed by atoms with Gasteiger partial charge in [-0.15, -0.1) is 11.3 Å². The number of amides is 2. The number of nitrogens with zero attached hydrogens (tertiary/aromatic N) is 1. The molecule has 0 saturated carbocycles. The molecule has 4 rings (SSSR count). The minimum Gasteiger partial charge on any atom is -0.353 e. The van der Waals surface area contributed by atoms with Gasteiger partial charge in [-0.1, -0.05) is 48.5 Å². The molecule has 0 spiro atoms. The third-order valence-corrected chi connectivity index (χ3v) is 6.67. The fourth-order valence-electron chi connectivity index (χ4n) is 3.93. The van der Waals surface area contributed by atoms with Gasteiger partial charge in [0.15, 0.2) is 5.13 Å². The molecule has 0 bridgehead atoms. The zero-order valence-electron chi connectivity index (χ0n) is 17.6. The number of aromatic nitrogens is 1. The molecule has 2 aromatic carbocycles. The molecule has 3 aromatic rings. The number of carbonyl (C=O) groups is 2. The number of fused-ring (bicyclic) bond motifs is 1. The van der Waals surface area contributed by atoms with Gasteiger partial charge in [0.1, 0.15) is 0 Å². The summed E-state index contributed by atoms with van der Waals surface area (Å²) >= 11 is 1.48. The van der Waals surface area contributed by atoms with Crippen LogP contribution in [0.25, 0.3) is 0 Å². The van der Waals surface area contributed by atoms with Gasteiger partial charge in [0.05, 0.1) is 11.6 Å². The van der Waals surface area contributed by atoms with Crippen molar-refractivity contribution in [2.75, 3.05) is 5.32 Å². The summed E-state index contributed by atoms with van der Waals surface area (Å²) in [7, 11) is 0. The molecule has 6 heteroatoms. The first-order chi connectivity index (χ1) is 15.1. The standard InChI is InChI=1S/C25H27N3O2S/c1-17(15-16-18-9-4-2-5-10-18)26-24(30)20-13-8-14-21-22(20)27-25(31-21)28-23(29)19-11-6-3-7-12-19/h2-7,9-12,17,20H,8,13-16H2,1H3,(H,26,30)(H,27,28,29). The Hall–Kier alpha value is -2.99. The SMILES string of the molecule is CC(CCc1ccccc1)NC(=O)C1CCCc2sc(NC(=O)c3ccccc3)nc21. The number of benzene rings is 2. The monoisotopic (exact) mass is 433 g/mol. The van der Waals surface area contributed by atoms with Gasteiger partial charge in [-0.3, -0.25) is 14.9 Å². The second kappa shape index (κ2) is 9.88. The van der Waals surface area contributed by atoms with E-state index in [4.69, 9.17) is 0 Å². The highest BCUT2D eigenvalue weighted by molar-refractivity contribution is 7.16. The van der Waals surface area contributed by atoms with Crippen LogP contribution in [0, 0.1) is 0 Å². The van der Waals surface area contributed by atoms with Gasteiger partial charge in [0, 0.05) is 16.5 Å². The van der Waals surface area contributed by atoms with Crippen LogP contribution in [0.15, 0.2) is 60.7 Å². The number of hydrogen-bond donors (Lipinski definition) is 2. The zero-order chi connectivity index (χ0) is 21.6. The molecule has 1 aliphatic rings. The lowest BCUT2D eigenvalue weighted by Crippen LogP contribution is -2.37. The third kappa shape index (κ3) is 5.39. The van der Waals surface area contributed by atoms with Crippen molar-refractivity contribution >= 4 is 28.3 Å². The van der Waals surface area contributed by atoms with E-state index in [1.54, 1.807) is 12.1 Å². The molecule has 2 N–H and O–H groups in total. The lowest BCUT2D eigenvalue weighted by Gasteiger charge is -2.23. The Bertz CT molecular complexity index is 1030. The maximum atomic E-state index is 13.0. The van der Waals surface area contributed by atoms with Crippen molar-refractivity contribution in [3.05, 3.63) is 82.4 Å². The maximum absolute atomic E-state index is 13.0. The number of rotatable bonds is 7. The Morgan fingerprint density at radius 1 is 1.10 bits per heavy atom. The second-order valence-electron chi connectivity index (χ2n) is 8.03. The lowest BCUT2D eigenvalue weighted by atomic mass is 9.90. The van der Waals surface area contributed by atoms with E-state index in [9.17, 15) is 9.59 Å². The van der Waals surface area contributed by atoms with E-state index in [1.807, 2.05) is 36.4 Å². The molecule has 0 aliphatic heterocycles. The smallest absolute Gasteiger partial charge is 0.257 e. The Balaban J connectivity index is 1.38. The van der Waals surface area contributed by atoms with Crippen LogP contribution >= 0.6 is 11.3 Å². The predicted molar refractivity (Wildman–Crippen MR) is 125 cm³/mol. The van der Waals surface area contributed by atoms with E-state index in [2.05, 4.69) is 34.7 Å². The Morgan fingerprint density at radius 2 is 1.81 bits per heavy atom. The van der Waals surface area contributed by atoms with E-state index >= 15 is 0 Å². The molecule has 2 atom stereocenters. The molecule has 0 radical (unpaired) electrons. The Labute approximate surface area is 186 Å². The van der Waals surface area contributed by atoms with Crippen LogP contribution in [0.3, 0.4) is 0 Å². The topological polar surface area (TPSA) is 71.1 Å². The number of anilines is 1. The summed E-state index contributed by atoms with van der Waals surface area (Å²) in [6, 6.07) is 19.5. The summed E-state index contributed by atoms with van der Waals surface area (Å²) in [5, 5.41) is 6.63. The van der Waals surface area contributed by atoms with E-state index in [0.29, 0.717) is 10.7 Å². The van der Waals surface area contributed by atoms with Crippen molar-refractivity contribution in [1.29, 1.82) is 0 Å². The van der Waals surface area contributed by atoms with Crippen molar-refractivity contribution in [2.24, 2.45) is 0 Å². The Morgan fingerprint density at radius 3 is 2.55 bits per heavy atom. The highest BCUT2D eigenvalue weighted by Gasteiger charge is 2.31. The van der Waals surface area contributed by atoms with Gasteiger partial charge < -0.3 is 5.32 Å². The van der Waals surface area contributed by atoms with Crippen molar-refractivity contribution in [2.45, 2.75) is 51.0 Å². The summed E-state index contributed by atoms with van der Waals surface area (Å²) in [6.07, 6.45) is 4.48. The van der Waals surface area contributed by atoms with E-state index < -0.39 is 0 Å². The van der Waals surface area contributed by atoms with Crippen LogP contribution < -0.4 is 10.6 Å². The number of thiazole rings is 1. The average molecular weight is 434 g/mol. The molecule has 2 amide bonds. The fourth-order valence-corrected chi connectivity index (χ4v) is 4.99. The summed E-state index contributed by atoms with van der Waals surface area (Å²) in [6.45, 7) is 2.05. The molecule has 0 fully saturated rings. The molecule has 5 nitrogen and oxygen atoms in total. The first-order valence-corrected chi connectivity index (χ1v) is 11.6. The molecule has 1 aromatic heterocycles. The average Bonchev–Trinajstić information content (AvgIpc) is 3.21. The number of aryl methyl sites for hydroxylation is 2. The van der Waals surface area contributed by atoms with Crippen LogP contribution in [-0.4, -0.2) is 22.8 Å². The van der Waals surface area contributed by atoms with Crippen molar-refractivity contribution < 1.29 is 9.59 Å². The number of nitrogens with one attached hydrogen (secondary N) is 2. The zero-order valence-corrected chi connectivity index (χ0v) is 18.5. The summed E-state index contributed by atoms with van der Waals surface area (Å²) in [5.41, 5.74) is 2.70. The lowest BCUT2D eigenvalue weighted by molar-refractivity contribution is -0.123. The van der Waals surface area contributed by atoms with Gasteiger partial charge in [-0.2, -0.15) is 0 Å². The summed E-state index contributed by atoms with van der Waals surface area (Å²) in [4.78, 5) is 31.2. The number of hydrogen-bond acceptors (Lipinski definition) is 4. The first-order valence-electron chi connectivity index (χ1n) is 10.8. The highest BCUT2D eigenvalue weighted by Crippen LogP contribution is 2.37. The molecule has 2 unspecified atom stereocenters. The molecule has 160 valence electrons. The van der Waals surface area contributed by atoms with Gasteiger partial charge in [0.25, 0.3) is 5.91 Å². The molecule has 1 aliphatic carbocycles. The highest BCUT2D eigenvalue weighted by atomic mass is 32.1. The minimum atomic E-state index is -0.249. The minimum absolute atomic E-state index is 0.0350. The van der Waals surface area contributed by atoms with E-state index in [0.717, 1.165) is 42.7 Å². The third-order valence-electron chi connectivity index (χ3n) is 5.62. The molecular weight excluding hydrogens is 406 g/mol. The second-order valence-corrected chi connectivity index (χ2v) is 9.11. The van der Waals surface area contributed by atoms with Crippen LogP contribution in [0.2, 0.25) is 0 Å². The molecule has 0 saturated heterocycles. The van der Waals surface area contributed by atoms with Crippen LogP contribution in [0.5, 0.6) is 0 Å². The summed E-state index contributed by atoms with van der Waals surface area (Å²) < 4.78 is 0. The van der Waals surface area contributed by atoms with Crippen molar-refractivity contribution in [3.63, 3.8) is 0 Å². The Kier molecular flexibility index (Phi) is 6.77. The quantitative estimate of drug-likeness (QED) is 0.554. The van der Waals surface area contributed by atoms with Crippen LogP contribution in [-0.2, 0) is 17.6 Å². The van der Waals surface area contributed by atoms with Gasteiger partial charge >= 0.3 is 0 Å². The maximum Gasteiger partial charge on any atom is 0.257 e. The van der Waals surface area contributed by atoms with E-state index in [1.165, 1.54) is 16.9 Å². The van der Waals surface area contributed by atoms with Crippen LogP contribution in [0.1, 0.15) is 58.6 Å². The largest absolute Gasteiger partial charge is 0.353 e. The molecule has 1 heterocycles. The summed E-state index contributed by atoms with van der Waals surface area (Å²) in [5.74, 6) is -0.392. The molecule has 31 heavy (non-hydrogen) atoms. The van der Waals surface area contributed by atoms with Crippen molar-refractivity contribution in [1.82, 2.24) is 10.3 Å². The van der Waals surface area contributed by atoms with Gasteiger partial charge in [0.2, 0.25) is 5.91 Å². The number of carbonyl (C=O) groups excluding carboxylic acids is 2. The fraction of sp³-hybridized carbons (Fsp3) is 0.320. The predicted octanol–water partition coefficient (Wildman–Crippen LogP) is 4.95. The van der Waals surface area contributed by atoms with Crippen molar-refractivity contribution in [3.8, 4) is 0 Å². The normalized spacial score (nSPS) is 16.2.